The highest BCUT2D eigenvalue weighted by Crippen LogP contribution is 2.30. The van der Waals surface area contributed by atoms with Crippen molar-refractivity contribution in [1.29, 1.82) is 0 Å². The molecule has 2 saturated carbocycles. The van der Waals surface area contributed by atoms with Crippen molar-refractivity contribution in [1.82, 2.24) is 10.6 Å². The molecule has 0 bridgehead atoms. The second kappa shape index (κ2) is 3.89. The zero-order valence-corrected chi connectivity index (χ0v) is 8.94. The molecule has 0 aliphatic heterocycles. The summed E-state index contributed by atoms with van der Waals surface area (Å²) in [4.78, 5) is 11.5. The van der Waals surface area contributed by atoms with Gasteiger partial charge in [-0.15, -0.1) is 0 Å². The van der Waals surface area contributed by atoms with Crippen molar-refractivity contribution < 1.29 is 4.79 Å². The van der Waals surface area contributed by atoms with Crippen LogP contribution in [0.15, 0.2) is 0 Å². The number of nitrogens with one attached hydrogen (secondary N) is 2. The zero-order valence-electron chi connectivity index (χ0n) is 8.94. The van der Waals surface area contributed by atoms with Crippen LogP contribution < -0.4 is 10.6 Å². The van der Waals surface area contributed by atoms with E-state index in [0.717, 1.165) is 19.4 Å². The van der Waals surface area contributed by atoms with E-state index < -0.39 is 0 Å². The van der Waals surface area contributed by atoms with Gasteiger partial charge in [0.2, 0.25) is 5.91 Å². The molecule has 3 heteroatoms. The summed E-state index contributed by atoms with van der Waals surface area (Å²) in [7, 11) is 0. The second-order valence-electron chi connectivity index (χ2n) is 4.94. The van der Waals surface area contributed by atoms with E-state index in [0.29, 0.717) is 12.5 Å². The molecule has 0 spiro atoms. The van der Waals surface area contributed by atoms with E-state index in [9.17, 15) is 4.79 Å². The number of hydrogen-bond acceptors (Lipinski definition) is 2. The largest absolute Gasteiger partial charge is 0.351 e. The molecule has 80 valence electrons. The van der Waals surface area contributed by atoms with Crippen molar-refractivity contribution in [2.45, 2.75) is 57.0 Å². The number of carbonyl (C=O) groups excluding carboxylic acids is 1. The lowest BCUT2D eigenvalue weighted by Crippen LogP contribution is -2.51. The van der Waals surface area contributed by atoms with Crippen LogP contribution >= 0.6 is 0 Å². The Morgan fingerprint density at radius 1 is 1.43 bits per heavy atom. The first kappa shape index (κ1) is 9.97. The molecule has 0 aromatic carbocycles. The van der Waals surface area contributed by atoms with E-state index in [1.54, 1.807) is 0 Å². The van der Waals surface area contributed by atoms with Crippen LogP contribution in [0, 0.1) is 0 Å². The molecule has 14 heavy (non-hydrogen) atoms. The van der Waals surface area contributed by atoms with Crippen molar-refractivity contribution in [3.63, 3.8) is 0 Å². The van der Waals surface area contributed by atoms with Gasteiger partial charge >= 0.3 is 0 Å². The summed E-state index contributed by atoms with van der Waals surface area (Å²) >= 11 is 0. The molecular weight excluding hydrogens is 176 g/mol. The van der Waals surface area contributed by atoms with Crippen molar-refractivity contribution in [3.05, 3.63) is 0 Å². The van der Waals surface area contributed by atoms with Gasteiger partial charge in [-0.25, -0.2) is 0 Å². The summed E-state index contributed by atoms with van der Waals surface area (Å²) in [5.74, 6) is 0.209. The van der Waals surface area contributed by atoms with E-state index >= 15 is 0 Å². The topological polar surface area (TPSA) is 41.1 Å². The minimum atomic E-state index is 0.122. The third-order valence-corrected chi connectivity index (χ3v) is 3.26. The summed E-state index contributed by atoms with van der Waals surface area (Å²) in [6, 6.07) is 0.710. The predicted molar refractivity (Wildman–Crippen MR) is 56.0 cm³/mol. The smallest absolute Gasteiger partial charge is 0.221 e. The van der Waals surface area contributed by atoms with E-state index in [1.165, 1.54) is 19.3 Å². The van der Waals surface area contributed by atoms with E-state index in [4.69, 9.17) is 0 Å². The lowest BCUT2D eigenvalue weighted by atomic mass is 9.78. The summed E-state index contributed by atoms with van der Waals surface area (Å²) in [5, 5.41) is 6.46. The molecule has 2 N–H and O–H groups in total. The average molecular weight is 196 g/mol. The summed E-state index contributed by atoms with van der Waals surface area (Å²) in [5.41, 5.74) is 0.122. The van der Waals surface area contributed by atoms with E-state index in [-0.39, 0.29) is 11.4 Å². The SMILES string of the molecule is CC1(NC(=O)CCNC2CC2)CCC1. The molecule has 0 aromatic rings. The normalized spacial score (nSPS) is 24.1. The summed E-state index contributed by atoms with van der Waals surface area (Å²) in [6.07, 6.45) is 6.77. The lowest BCUT2D eigenvalue weighted by molar-refractivity contribution is -0.123. The van der Waals surface area contributed by atoms with Gasteiger partial charge in [0.25, 0.3) is 0 Å². The van der Waals surface area contributed by atoms with Gasteiger partial charge in [-0.1, -0.05) is 0 Å². The number of carbonyl (C=O) groups is 1. The minimum absolute atomic E-state index is 0.122. The Bertz CT molecular complexity index is 219. The standard InChI is InChI=1S/C11H20N2O/c1-11(6-2-7-11)13-10(14)5-8-12-9-3-4-9/h9,12H,2-8H2,1H3,(H,13,14). The second-order valence-corrected chi connectivity index (χ2v) is 4.94. The van der Waals surface area contributed by atoms with Gasteiger partial charge in [0.05, 0.1) is 0 Å². The third-order valence-electron chi connectivity index (χ3n) is 3.26. The summed E-state index contributed by atoms with van der Waals surface area (Å²) in [6.45, 7) is 2.98. The molecule has 2 fully saturated rings. The maximum Gasteiger partial charge on any atom is 0.221 e. The Hall–Kier alpha value is -0.570. The maximum atomic E-state index is 11.5. The quantitative estimate of drug-likeness (QED) is 0.693. The molecule has 1 amide bonds. The van der Waals surface area contributed by atoms with Gasteiger partial charge < -0.3 is 10.6 Å². The van der Waals surface area contributed by atoms with Gasteiger partial charge in [-0.2, -0.15) is 0 Å². The molecule has 2 rings (SSSR count). The summed E-state index contributed by atoms with van der Waals surface area (Å²) < 4.78 is 0. The van der Waals surface area contributed by atoms with Crippen LogP contribution in [0.1, 0.15) is 45.4 Å². The van der Waals surface area contributed by atoms with Gasteiger partial charge in [0.15, 0.2) is 0 Å². The molecule has 0 radical (unpaired) electrons. The Balaban J connectivity index is 1.57. The van der Waals surface area contributed by atoms with E-state index in [1.807, 2.05) is 0 Å². The Morgan fingerprint density at radius 3 is 2.64 bits per heavy atom. The first-order chi connectivity index (χ1) is 6.68. The van der Waals surface area contributed by atoms with Crippen LogP contribution in [0.25, 0.3) is 0 Å². The van der Waals surface area contributed by atoms with Crippen LogP contribution in [-0.4, -0.2) is 24.0 Å². The number of hydrogen-bond donors (Lipinski definition) is 2. The maximum absolute atomic E-state index is 11.5. The average Bonchev–Trinajstić information content (AvgIpc) is 2.85. The van der Waals surface area contributed by atoms with Crippen LogP contribution in [-0.2, 0) is 4.79 Å². The Labute approximate surface area is 85.6 Å². The molecule has 0 heterocycles. The van der Waals surface area contributed by atoms with Crippen molar-refractivity contribution in [2.24, 2.45) is 0 Å². The molecule has 0 aromatic heterocycles. The highest BCUT2D eigenvalue weighted by atomic mass is 16.1. The Morgan fingerprint density at radius 2 is 2.14 bits per heavy atom. The third kappa shape index (κ3) is 2.71. The van der Waals surface area contributed by atoms with Crippen LogP contribution in [0.3, 0.4) is 0 Å². The zero-order chi connectivity index (χ0) is 10.0. The first-order valence-electron chi connectivity index (χ1n) is 5.72. The van der Waals surface area contributed by atoms with Crippen LogP contribution in [0.4, 0.5) is 0 Å². The van der Waals surface area contributed by atoms with Crippen molar-refractivity contribution >= 4 is 5.91 Å². The monoisotopic (exact) mass is 196 g/mol. The van der Waals surface area contributed by atoms with Crippen molar-refractivity contribution in [3.8, 4) is 0 Å². The van der Waals surface area contributed by atoms with Gasteiger partial charge in [0.1, 0.15) is 0 Å². The fourth-order valence-electron chi connectivity index (χ4n) is 1.91. The molecule has 0 atom stereocenters. The van der Waals surface area contributed by atoms with Gasteiger partial charge in [-0.05, 0) is 39.0 Å². The van der Waals surface area contributed by atoms with E-state index in [2.05, 4.69) is 17.6 Å². The Kier molecular flexibility index (Phi) is 2.77. The first-order valence-corrected chi connectivity index (χ1v) is 5.72. The fraction of sp³-hybridized carbons (Fsp3) is 0.909. The molecule has 3 nitrogen and oxygen atoms in total. The highest BCUT2D eigenvalue weighted by molar-refractivity contribution is 5.77. The lowest BCUT2D eigenvalue weighted by Gasteiger charge is -2.39. The molecule has 0 unspecified atom stereocenters. The fourth-order valence-corrected chi connectivity index (χ4v) is 1.91. The minimum Gasteiger partial charge on any atom is -0.351 e. The molecule has 0 saturated heterocycles. The molecule has 2 aliphatic carbocycles. The highest BCUT2D eigenvalue weighted by Gasteiger charge is 2.32. The van der Waals surface area contributed by atoms with Crippen molar-refractivity contribution in [2.75, 3.05) is 6.54 Å². The molecule has 2 aliphatic rings. The molecular formula is C11H20N2O. The number of rotatable bonds is 5. The van der Waals surface area contributed by atoms with Gasteiger partial charge in [-0.3, -0.25) is 4.79 Å². The van der Waals surface area contributed by atoms with Crippen LogP contribution in [0.2, 0.25) is 0 Å². The van der Waals surface area contributed by atoms with Crippen LogP contribution in [0.5, 0.6) is 0 Å². The predicted octanol–water partition coefficient (Wildman–Crippen LogP) is 1.19. The number of amides is 1. The van der Waals surface area contributed by atoms with Gasteiger partial charge in [0, 0.05) is 24.5 Å².